The van der Waals surface area contributed by atoms with Crippen LogP contribution in [0.25, 0.3) is 0 Å². The summed E-state index contributed by atoms with van der Waals surface area (Å²) in [7, 11) is -0.945. The summed E-state index contributed by atoms with van der Waals surface area (Å²) in [5.74, 6) is 0.727. The fraction of sp³-hybridized carbons (Fsp3) is 0.278. The fourth-order valence-corrected chi connectivity index (χ4v) is 4.83. The molecule has 7 nitrogen and oxygen atoms in total. The summed E-state index contributed by atoms with van der Waals surface area (Å²) >= 11 is 1.54. The number of hydrogen-bond acceptors (Lipinski definition) is 6. The molecule has 2 aromatic carbocycles. The van der Waals surface area contributed by atoms with E-state index in [0.717, 1.165) is 4.90 Å². The second-order valence-electron chi connectivity index (χ2n) is 6.01. The molecule has 0 aromatic heterocycles. The molecule has 27 heavy (non-hydrogen) atoms. The van der Waals surface area contributed by atoms with Crippen molar-refractivity contribution in [1.82, 2.24) is 0 Å². The van der Waals surface area contributed by atoms with Crippen molar-refractivity contribution < 1.29 is 22.7 Å². The summed E-state index contributed by atoms with van der Waals surface area (Å²) in [4.78, 5) is 12.8. The van der Waals surface area contributed by atoms with E-state index in [0.29, 0.717) is 23.6 Å². The number of nitrogens with one attached hydrogen (secondary N) is 2. The molecule has 2 aromatic rings. The number of rotatable bonds is 5. The van der Waals surface area contributed by atoms with Gasteiger partial charge in [0.1, 0.15) is 11.5 Å². The van der Waals surface area contributed by atoms with E-state index in [9.17, 15) is 13.2 Å². The van der Waals surface area contributed by atoms with E-state index in [1.165, 1.54) is 38.1 Å². The van der Waals surface area contributed by atoms with Gasteiger partial charge in [-0.3, -0.25) is 9.52 Å². The maximum absolute atomic E-state index is 12.9. The first kappa shape index (κ1) is 19.4. The highest BCUT2D eigenvalue weighted by atomic mass is 32.2. The third-order valence-corrected chi connectivity index (χ3v) is 6.53. The van der Waals surface area contributed by atoms with E-state index in [2.05, 4.69) is 10.0 Å². The van der Waals surface area contributed by atoms with Crippen molar-refractivity contribution in [3.05, 3.63) is 36.4 Å². The number of fused-ring (bicyclic) bond motifs is 1. The van der Waals surface area contributed by atoms with Gasteiger partial charge in [0.2, 0.25) is 5.91 Å². The maximum atomic E-state index is 12.9. The van der Waals surface area contributed by atoms with Gasteiger partial charge < -0.3 is 14.8 Å². The smallest absolute Gasteiger partial charge is 0.262 e. The Morgan fingerprint density at radius 2 is 1.93 bits per heavy atom. The Hall–Kier alpha value is -2.39. The van der Waals surface area contributed by atoms with Crippen molar-refractivity contribution in [2.24, 2.45) is 0 Å². The molecule has 0 spiro atoms. The number of methoxy groups -OCH3 is 2. The molecule has 1 amide bonds. The third-order valence-electron chi connectivity index (χ3n) is 3.99. The molecule has 1 unspecified atom stereocenters. The lowest BCUT2D eigenvalue weighted by molar-refractivity contribution is -0.116. The van der Waals surface area contributed by atoms with Crippen LogP contribution in [0.1, 0.15) is 13.3 Å². The summed E-state index contributed by atoms with van der Waals surface area (Å²) in [5, 5.41) is 2.89. The summed E-state index contributed by atoms with van der Waals surface area (Å²) in [6, 6.07) is 9.52. The van der Waals surface area contributed by atoms with Crippen molar-refractivity contribution in [3.63, 3.8) is 0 Å². The molecular weight excluding hydrogens is 388 g/mol. The van der Waals surface area contributed by atoms with Crippen molar-refractivity contribution in [3.8, 4) is 11.5 Å². The standard InChI is InChI=1S/C18H20N2O5S2/c1-11-8-18(21)19-15-10-13(5-7-17(15)26-11)27(22,23)20-14-9-12(24-2)4-6-16(14)25-3/h4-7,9-11,20H,8H2,1-3H3,(H,19,21). The van der Waals surface area contributed by atoms with Crippen LogP contribution in [-0.4, -0.2) is 33.8 Å². The minimum atomic E-state index is -3.89. The lowest BCUT2D eigenvalue weighted by Gasteiger charge is -2.14. The maximum Gasteiger partial charge on any atom is 0.262 e. The molecule has 144 valence electrons. The van der Waals surface area contributed by atoms with E-state index in [-0.39, 0.29) is 21.7 Å². The largest absolute Gasteiger partial charge is 0.497 e. The molecule has 9 heteroatoms. The Morgan fingerprint density at radius 1 is 1.15 bits per heavy atom. The Morgan fingerprint density at radius 3 is 2.63 bits per heavy atom. The van der Waals surface area contributed by atoms with Crippen molar-refractivity contribution in [2.45, 2.75) is 28.4 Å². The number of sulfonamides is 1. The molecule has 0 aliphatic carbocycles. The van der Waals surface area contributed by atoms with Gasteiger partial charge in [0.25, 0.3) is 10.0 Å². The number of amides is 1. The normalized spacial score (nSPS) is 16.7. The van der Waals surface area contributed by atoms with Gasteiger partial charge in [-0.15, -0.1) is 11.8 Å². The number of carbonyl (C=O) groups excluding carboxylic acids is 1. The zero-order valence-electron chi connectivity index (χ0n) is 15.1. The first-order chi connectivity index (χ1) is 12.8. The van der Waals surface area contributed by atoms with Crippen LogP contribution < -0.4 is 19.5 Å². The molecule has 1 heterocycles. The molecular formula is C18H20N2O5S2. The predicted molar refractivity (Wildman–Crippen MR) is 105 cm³/mol. The van der Waals surface area contributed by atoms with Gasteiger partial charge >= 0.3 is 0 Å². The second-order valence-corrected chi connectivity index (χ2v) is 9.17. The number of hydrogen-bond donors (Lipinski definition) is 2. The van der Waals surface area contributed by atoms with Gasteiger partial charge in [-0.05, 0) is 30.3 Å². The Bertz CT molecular complexity index is 976. The number of thioether (sulfide) groups is 1. The Balaban J connectivity index is 1.96. The van der Waals surface area contributed by atoms with E-state index in [4.69, 9.17) is 9.47 Å². The molecule has 1 aliphatic heterocycles. The lowest BCUT2D eigenvalue weighted by Crippen LogP contribution is -2.15. The monoisotopic (exact) mass is 408 g/mol. The topological polar surface area (TPSA) is 93.7 Å². The zero-order chi connectivity index (χ0) is 19.6. The van der Waals surface area contributed by atoms with Crippen LogP contribution in [0.4, 0.5) is 11.4 Å². The van der Waals surface area contributed by atoms with Crippen LogP contribution >= 0.6 is 11.8 Å². The molecule has 2 N–H and O–H groups in total. The van der Waals surface area contributed by atoms with Crippen LogP contribution in [-0.2, 0) is 14.8 Å². The molecule has 0 radical (unpaired) electrons. The van der Waals surface area contributed by atoms with Crippen molar-refractivity contribution in [1.29, 1.82) is 0 Å². The second kappa shape index (κ2) is 7.69. The van der Waals surface area contributed by atoms with Crippen LogP contribution in [0.15, 0.2) is 46.2 Å². The van der Waals surface area contributed by atoms with Crippen LogP contribution in [0.5, 0.6) is 11.5 Å². The van der Waals surface area contributed by atoms with E-state index >= 15 is 0 Å². The van der Waals surface area contributed by atoms with Gasteiger partial charge in [0.15, 0.2) is 0 Å². The Kier molecular flexibility index (Phi) is 5.52. The first-order valence-corrected chi connectivity index (χ1v) is 10.5. The van der Waals surface area contributed by atoms with Crippen LogP contribution in [0.2, 0.25) is 0 Å². The van der Waals surface area contributed by atoms with Crippen molar-refractivity contribution in [2.75, 3.05) is 24.3 Å². The third kappa shape index (κ3) is 4.30. The lowest BCUT2D eigenvalue weighted by atomic mass is 10.3. The number of anilines is 2. The van der Waals surface area contributed by atoms with Gasteiger partial charge in [0.05, 0.1) is 30.5 Å². The molecule has 0 fully saturated rings. The molecule has 0 saturated heterocycles. The van der Waals surface area contributed by atoms with E-state index in [1.54, 1.807) is 24.3 Å². The number of ether oxygens (including phenoxy) is 2. The average molecular weight is 409 g/mol. The molecule has 1 atom stereocenters. The van der Waals surface area contributed by atoms with Crippen LogP contribution in [0, 0.1) is 0 Å². The SMILES string of the molecule is COc1ccc(OC)c(NS(=O)(=O)c2ccc3c(c2)NC(=O)CC(C)S3)c1. The number of benzene rings is 2. The highest BCUT2D eigenvalue weighted by molar-refractivity contribution is 8.00. The van der Waals surface area contributed by atoms with Gasteiger partial charge in [-0.2, -0.15) is 0 Å². The van der Waals surface area contributed by atoms with E-state index in [1.807, 2.05) is 6.92 Å². The first-order valence-electron chi connectivity index (χ1n) is 8.18. The average Bonchev–Trinajstić information content (AvgIpc) is 2.76. The molecule has 0 saturated carbocycles. The quantitative estimate of drug-likeness (QED) is 0.788. The minimum absolute atomic E-state index is 0.0431. The number of carbonyl (C=O) groups is 1. The predicted octanol–water partition coefficient (Wildman–Crippen LogP) is 3.33. The summed E-state index contributed by atoms with van der Waals surface area (Å²) in [6.07, 6.45) is 0.376. The summed E-state index contributed by atoms with van der Waals surface area (Å²) < 4.78 is 38.6. The molecule has 1 aliphatic rings. The van der Waals surface area contributed by atoms with Crippen LogP contribution in [0.3, 0.4) is 0 Å². The molecule has 3 rings (SSSR count). The van der Waals surface area contributed by atoms with Gasteiger partial charge in [-0.1, -0.05) is 6.92 Å². The highest BCUT2D eigenvalue weighted by Gasteiger charge is 2.23. The molecule has 0 bridgehead atoms. The van der Waals surface area contributed by atoms with Gasteiger partial charge in [-0.25, -0.2) is 8.42 Å². The zero-order valence-corrected chi connectivity index (χ0v) is 16.7. The fourth-order valence-electron chi connectivity index (χ4n) is 2.69. The summed E-state index contributed by atoms with van der Waals surface area (Å²) in [6.45, 7) is 1.96. The van der Waals surface area contributed by atoms with Gasteiger partial charge in [0, 0.05) is 22.6 Å². The Labute approximate surface area is 162 Å². The van der Waals surface area contributed by atoms with E-state index < -0.39 is 10.0 Å². The minimum Gasteiger partial charge on any atom is -0.497 e. The highest BCUT2D eigenvalue weighted by Crippen LogP contribution is 2.37. The summed E-state index contributed by atoms with van der Waals surface area (Å²) in [5.41, 5.74) is 0.758. The van der Waals surface area contributed by atoms with Crippen molar-refractivity contribution >= 4 is 39.1 Å².